The normalized spacial score (nSPS) is 17.1. The molecule has 1 aromatic heterocycles. The molecule has 1 amide bonds. The number of hydrogen-bond donors (Lipinski definition) is 0. The molecule has 0 radical (unpaired) electrons. The minimum absolute atomic E-state index is 0.0296. The lowest BCUT2D eigenvalue weighted by Crippen LogP contribution is -2.61. The number of nitrogens with zero attached hydrogens (tertiary/aromatic N) is 3. The van der Waals surface area contributed by atoms with Crippen molar-refractivity contribution in [1.82, 2.24) is 14.7 Å². The van der Waals surface area contributed by atoms with Crippen LogP contribution in [0.3, 0.4) is 0 Å². The quantitative estimate of drug-likeness (QED) is 0.689. The first-order chi connectivity index (χ1) is 13.7. The number of aromatic nitrogens is 2. The van der Waals surface area contributed by atoms with E-state index in [-0.39, 0.29) is 5.91 Å². The highest BCUT2D eigenvalue weighted by Gasteiger charge is 2.49. The second-order valence-electron chi connectivity index (χ2n) is 7.91. The van der Waals surface area contributed by atoms with E-state index in [0.29, 0.717) is 11.1 Å². The molecule has 5 heteroatoms. The maximum absolute atomic E-state index is 13.0. The summed E-state index contributed by atoms with van der Waals surface area (Å²) in [5.41, 5.74) is 3.75. The Kier molecular flexibility index (Phi) is 3.97. The van der Waals surface area contributed by atoms with Gasteiger partial charge in [-0.15, -0.1) is 0 Å². The van der Waals surface area contributed by atoms with Crippen LogP contribution in [-0.4, -0.2) is 40.8 Å². The van der Waals surface area contributed by atoms with Crippen LogP contribution in [0.15, 0.2) is 60.7 Å². The van der Waals surface area contributed by atoms with Gasteiger partial charge < -0.3 is 9.64 Å². The summed E-state index contributed by atoms with van der Waals surface area (Å²) in [5.74, 6) is 0.833. The highest BCUT2D eigenvalue weighted by atomic mass is 16.5. The number of likely N-dealkylation sites (tertiary alicyclic amines) is 1. The van der Waals surface area contributed by atoms with Crippen molar-refractivity contribution in [2.45, 2.75) is 19.3 Å². The predicted molar refractivity (Wildman–Crippen MR) is 108 cm³/mol. The van der Waals surface area contributed by atoms with Crippen LogP contribution in [0.4, 0.5) is 0 Å². The van der Waals surface area contributed by atoms with Gasteiger partial charge in [0.1, 0.15) is 5.75 Å². The summed E-state index contributed by atoms with van der Waals surface area (Å²) in [7, 11) is 1.65. The SMILES string of the molecule is COc1ccc(-c2cc(C(=O)N3CC4(CCC4)C3)nn2-c2ccccc2)cc1. The van der Waals surface area contributed by atoms with Crippen LogP contribution in [-0.2, 0) is 0 Å². The Morgan fingerprint density at radius 1 is 1.04 bits per heavy atom. The van der Waals surface area contributed by atoms with E-state index in [1.165, 1.54) is 19.3 Å². The van der Waals surface area contributed by atoms with Crippen molar-refractivity contribution in [2.75, 3.05) is 20.2 Å². The number of rotatable bonds is 4. The van der Waals surface area contributed by atoms with Gasteiger partial charge in [0.15, 0.2) is 5.69 Å². The first-order valence-corrected chi connectivity index (χ1v) is 9.77. The maximum atomic E-state index is 13.0. The monoisotopic (exact) mass is 373 g/mol. The van der Waals surface area contributed by atoms with Gasteiger partial charge in [0.2, 0.25) is 0 Å². The zero-order chi connectivity index (χ0) is 19.1. The summed E-state index contributed by atoms with van der Waals surface area (Å²) in [5, 5.41) is 4.69. The van der Waals surface area contributed by atoms with Crippen molar-refractivity contribution in [1.29, 1.82) is 0 Å². The number of benzene rings is 2. The van der Waals surface area contributed by atoms with Gasteiger partial charge in [0.25, 0.3) is 5.91 Å². The zero-order valence-corrected chi connectivity index (χ0v) is 16.0. The lowest BCUT2D eigenvalue weighted by Gasteiger charge is -2.55. The van der Waals surface area contributed by atoms with Gasteiger partial charge in [-0.25, -0.2) is 4.68 Å². The van der Waals surface area contributed by atoms with Crippen LogP contribution in [0.5, 0.6) is 5.75 Å². The molecule has 2 aliphatic rings. The van der Waals surface area contributed by atoms with Gasteiger partial charge in [0, 0.05) is 24.1 Å². The molecule has 142 valence electrons. The van der Waals surface area contributed by atoms with Gasteiger partial charge >= 0.3 is 0 Å². The number of ether oxygens (including phenoxy) is 1. The third-order valence-corrected chi connectivity index (χ3v) is 6.07. The van der Waals surface area contributed by atoms with E-state index >= 15 is 0 Å². The van der Waals surface area contributed by atoms with Crippen molar-refractivity contribution >= 4 is 5.91 Å². The third-order valence-electron chi connectivity index (χ3n) is 6.07. The van der Waals surface area contributed by atoms with Crippen molar-refractivity contribution in [3.63, 3.8) is 0 Å². The number of carbonyl (C=O) groups excluding carboxylic acids is 1. The van der Waals surface area contributed by atoms with E-state index in [1.807, 2.05) is 70.2 Å². The first-order valence-electron chi connectivity index (χ1n) is 9.77. The fourth-order valence-corrected chi connectivity index (χ4v) is 4.28. The summed E-state index contributed by atoms with van der Waals surface area (Å²) in [6.07, 6.45) is 3.81. The molecule has 1 saturated carbocycles. The lowest BCUT2D eigenvalue weighted by molar-refractivity contribution is -0.0429. The van der Waals surface area contributed by atoms with Crippen LogP contribution in [0.1, 0.15) is 29.8 Å². The van der Waals surface area contributed by atoms with E-state index in [9.17, 15) is 4.79 Å². The van der Waals surface area contributed by atoms with Gasteiger partial charge in [-0.3, -0.25) is 4.79 Å². The molecule has 1 aliphatic heterocycles. The average Bonchev–Trinajstić information content (AvgIpc) is 3.12. The molecule has 0 unspecified atom stereocenters. The van der Waals surface area contributed by atoms with Crippen LogP contribution < -0.4 is 4.74 Å². The van der Waals surface area contributed by atoms with E-state index in [4.69, 9.17) is 4.74 Å². The average molecular weight is 373 g/mol. The number of para-hydroxylation sites is 1. The van der Waals surface area contributed by atoms with Gasteiger partial charge in [-0.2, -0.15) is 5.10 Å². The van der Waals surface area contributed by atoms with E-state index < -0.39 is 0 Å². The van der Waals surface area contributed by atoms with Crippen LogP contribution in [0.25, 0.3) is 16.9 Å². The maximum Gasteiger partial charge on any atom is 0.274 e. The Balaban J connectivity index is 1.50. The summed E-state index contributed by atoms with van der Waals surface area (Å²) in [6, 6.07) is 19.7. The second kappa shape index (κ2) is 6.51. The Bertz CT molecular complexity index is 996. The molecule has 2 fully saturated rings. The number of methoxy groups -OCH3 is 1. The minimum Gasteiger partial charge on any atom is -0.497 e. The molecule has 0 N–H and O–H groups in total. The Morgan fingerprint density at radius 3 is 2.36 bits per heavy atom. The molecular weight excluding hydrogens is 350 g/mol. The highest BCUT2D eigenvalue weighted by Crippen LogP contribution is 2.48. The summed E-state index contributed by atoms with van der Waals surface area (Å²) < 4.78 is 7.12. The topological polar surface area (TPSA) is 47.4 Å². The van der Waals surface area contributed by atoms with Crippen molar-refractivity contribution in [3.8, 4) is 22.7 Å². The fourth-order valence-electron chi connectivity index (χ4n) is 4.28. The molecule has 2 heterocycles. The van der Waals surface area contributed by atoms with E-state index in [1.54, 1.807) is 7.11 Å². The molecule has 0 atom stereocenters. The molecule has 2 aromatic carbocycles. The highest BCUT2D eigenvalue weighted by molar-refractivity contribution is 5.94. The van der Waals surface area contributed by atoms with E-state index in [2.05, 4.69) is 5.10 Å². The van der Waals surface area contributed by atoms with Crippen LogP contribution >= 0.6 is 0 Å². The van der Waals surface area contributed by atoms with Crippen molar-refractivity contribution in [2.24, 2.45) is 5.41 Å². The zero-order valence-electron chi connectivity index (χ0n) is 16.0. The Hall–Kier alpha value is -3.08. The summed E-state index contributed by atoms with van der Waals surface area (Å²) >= 11 is 0. The summed E-state index contributed by atoms with van der Waals surface area (Å²) in [4.78, 5) is 15.0. The molecule has 1 saturated heterocycles. The Labute approximate surface area is 164 Å². The van der Waals surface area contributed by atoms with E-state index in [0.717, 1.165) is 35.8 Å². The standard InChI is InChI=1S/C23H23N3O2/c1-28-19-10-8-17(9-11-19)21-14-20(24-26(21)18-6-3-2-4-7-18)22(27)25-15-23(16-25)12-5-13-23/h2-4,6-11,14H,5,12-13,15-16H2,1H3. The Morgan fingerprint density at radius 2 is 1.75 bits per heavy atom. The van der Waals surface area contributed by atoms with Crippen LogP contribution in [0.2, 0.25) is 0 Å². The number of carbonyl (C=O) groups is 1. The van der Waals surface area contributed by atoms with Gasteiger partial charge in [-0.05, 0) is 55.3 Å². The van der Waals surface area contributed by atoms with Crippen molar-refractivity contribution in [3.05, 3.63) is 66.4 Å². The van der Waals surface area contributed by atoms with Gasteiger partial charge in [0.05, 0.1) is 18.5 Å². The molecule has 1 aliphatic carbocycles. The first kappa shape index (κ1) is 17.0. The number of hydrogen-bond acceptors (Lipinski definition) is 3. The van der Waals surface area contributed by atoms with Crippen LogP contribution in [0, 0.1) is 5.41 Å². The van der Waals surface area contributed by atoms with Crippen molar-refractivity contribution < 1.29 is 9.53 Å². The molecular formula is C23H23N3O2. The second-order valence-corrected chi connectivity index (χ2v) is 7.91. The summed E-state index contributed by atoms with van der Waals surface area (Å²) in [6.45, 7) is 1.75. The minimum atomic E-state index is 0.0296. The molecule has 28 heavy (non-hydrogen) atoms. The lowest BCUT2D eigenvalue weighted by atomic mass is 9.63. The largest absolute Gasteiger partial charge is 0.497 e. The molecule has 3 aromatic rings. The molecule has 5 nitrogen and oxygen atoms in total. The third kappa shape index (κ3) is 2.78. The smallest absolute Gasteiger partial charge is 0.274 e. The fraction of sp³-hybridized carbons (Fsp3) is 0.304. The predicted octanol–water partition coefficient (Wildman–Crippen LogP) is 4.17. The molecule has 0 bridgehead atoms. The van der Waals surface area contributed by atoms with Gasteiger partial charge in [-0.1, -0.05) is 24.6 Å². The number of amides is 1. The molecule has 1 spiro atoms. The molecule has 5 rings (SSSR count).